The number of likely N-dealkylation sites (N-methyl/N-ethyl adjacent to an activating group) is 7. The van der Waals surface area contributed by atoms with Crippen LogP contribution >= 0.6 is 11.6 Å². The first-order valence-electron chi connectivity index (χ1n) is 36.2. The largest absolute Gasteiger partial charge is 0.393 e. The molecule has 4 saturated heterocycles. The molecular formula is C69H107ClF6N12O14. The lowest BCUT2D eigenvalue weighted by Crippen LogP contribution is -2.65. The third-order valence-electron chi connectivity index (χ3n) is 22.4. The molecule has 576 valence electrons. The lowest BCUT2D eigenvalue weighted by atomic mass is 9.78. The molecular weight excluding hydrogens is 1370 g/mol. The van der Waals surface area contributed by atoms with Gasteiger partial charge in [0.05, 0.1) is 70.3 Å². The van der Waals surface area contributed by atoms with Gasteiger partial charge >= 0.3 is 12.4 Å². The van der Waals surface area contributed by atoms with Crippen LogP contribution in [0.5, 0.6) is 0 Å². The van der Waals surface area contributed by atoms with Crippen LogP contribution in [-0.2, 0) is 67.0 Å². The first-order chi connectivity index (χ1) is 47.9. The lowest BCUT2D eigenvalue weighted by Gasteiger charge is -2.44. The average Bonchev–Trinajstić information content (AvgIpc) is 1.40. The Morgan fingerprint density at radius 3 is 1.86 bits per heavy atom. The Bertz CT molecular complexity index is 3000. The molecule has 3 aliphatic carbocycles. The summed E-state index contributed by atoms with van der Waals surface area (Å²) in [5, 5.41) is 6.91. The number of halogens is 7. The van der Waals surface area contributed by atoms with Crippen molar-refractivity contribution in [2.24, 2.45) is 23.7 Å². The Morgan fingerprint density at radius 2 is 1.26 bits per heavy atom. The molecule has 2 bridgehead atoms. The summed E-state index contributed by atoms with van der Waals surface area (Å²) in [6.45, 7) is 2.82. The molecule has 4 aliphatic heterocycles. The fourth-order valence-electron chi connectivity index (χ4n) is 15.9. The SMILES string of the molecule is CCCOC[C@H]1C(=O)N(C)CC(=O)N[C@@H](CCC2CCC(C(F)(F)F)C(Cl)C2)C(=O)N2CCC[C@H]2C(=O)NC2(CCCC2)C(=O)N(C)[C@@H](C2CCCCC2)C(=O)N(C)[C@H](C(=O)N2C3CCC2COC3)CC(=O)N(C)[C@@H](CC(F)(F)F)C(=O)N[C@@H]([C@@H](C)CC)C(=O)N(C)CC(=O)N(C)CC(=O)N1C. The summed E-state index contributed by atoms with van der Waals surface area (Å²) in [5.74, 6) is -14.0. The van der Waals surface area contributed by atoms with Crippen LogP contribution in [0, 0.1) is 23.7 Å². The van der Waals surface area contributed by atoms with E-state index in [4.69, 9.17) is 21.1 Å². The van der Waals surface area contributed by atoms with E-state index in [1.165, 1.54) is 63.9 Å². The minimum absolute atomic E-state index is 0.00197. The summed E-state index contributed by atoms with van der Waals surface area (Å²) in [4.78, 5) is 188. The summed E-state index contributed by atoms with van der Waals surface area (Å²) in [5.41, 5.74) is -1.67. The van der Waals surface area contributed by atoms with Crippen LogP contribution < -0.4 is 16.0 Å². The molecule has 33 heteroatoms. The second-order valence-corrected chi connectivity index (χ2v) is 30.1. The van der Waals surface area contributed by atoms with E-state index in [1.54, 1.807) is 13.8 Å². The van der Waals surface area contributed by atoms with Gasteiger partial charge in [-0.05, 0) is 108 Å². The number of nitrogens with one attached hydrogen (secondary N) is 3. The van der Waals surface area contributed by atoms with Gasteiger partial charge in [-0.2, -0.15) is 26.3 Å². The number of amides is 12. The molecule has 1 spiro atoms. The van der Waals surface area contributed by atoms with Crippen molar-refractivity contribution in [3.05, 3.63) is 0 Å². The van der Waals surface area contributed by atoms with Crippen LogP contribution in [0.15, 0.2) is 0 Å². The molecule has 7 aliphatic rings. The zero-order valence-electron chi connectivity index (χ0n) is 60.7. The van der Waals surface area contributed by atoms with Crippen LogP contribution in [0.25, 0.3) is 0 Å². The third-order valence-corrected chi connectivity index (χ3v) is 22.8. The quantitative estimate of drug-likeness (QED) is 0.140. The number of alkyl halides is 7. The molecule has 0 aromatic rings. The zero-order valence-corrected chi connectivity index (χ0v) is 61.4. The monoisotopic (exact) mass is 1480 g/mol. The van der Waals surface area contributed by atoms with Crippen LogP contribution in [-0.4, -0.2) is 295 Å². The van der Waals surface area contributed by atoms with Crippen molar-refractivity contribution < 1.29 is 93.4 Å². The maximum Gasteiger partial charge on any atom is 0.393 e. The van der Waals surface area contributed by atoms with E-state index < -0.39 is 205 Å². The fourth-order valence-corrected chi connectivity index (χ4v) is 16.4. The van der Waals surface area contributed by atoms with Gasteiger partial charge in [-0.15, -0.1) is 11.6 Å². The Morgan fingerprint density at radius 1 is 0.647 bits per heavy atom. The van der Waals surface area contributed by atoms with E-state index in [9.17, 15) is 59.9 Å². The first-order valence-corrected chi connectivity index (χ1v) is 36.7. The summed E-state index contributed by atoms with van der Waals surface area (Å²) in [6, 6.07) is -12.1. The number of fused-ring (bicyclic) bond motifs is 3. The van der Waals surface area contributed by atoms with E-state index >= 15 is 24.0 Å². The highest BCUT2D eigenvalue weighted by Crippen LogP contribution is 2.44. The maximum atomic E-state index is 15.8. The van der Waals surface area contributed by atoms with Gasteiger partial charge < -0.3 is 69.5 Å². The van der Waals surface area contributed by atoms with Gasteiger partial charge in [0.1, 0.15) is 47.8 Å². The van der Waals surface area contributed by atoms with Crippen molar-refractivity contribution in [1.29, 1.82) is 0 Å². The predicted molar refractivity (Wildman–Crippen MR) is 360 cm³/mol. The second kappa shape index (κ2) is 35.9. The number of rotatable bonds is 12. The van der Waals surface area contributed by atoms with Gasteiger partial charge in [-0.1, -0.05) is 59.3 Å². The molecule has 102 heavy (non-hydrogen) atoms. The van der Waals surface area contributed by atoms with Crippen molar-refractivity contribution >= 4 is 82.5 Å². The normalized spacial score (nSPS) is 30.7. The van der Waals surface area contributed by atoms with Crippen molar-refractivity contribution in [2.75, 3.05) is 102 Å². The molecule has 5 unspecified atom stereocenters. The molecule has 26 nitrogen and oxygen atoms in total. The Hall–Kier alpha value is -6.57. The third kappa shape index (κ3) is 20.3. The van der Waals surface area contributed by atoms with Crippen LogP contribution in [0.1, 0.15) is 162 Å². The van der Waals surface area contributed by atoms with Gasteiger partial charge in [0, 0.05) is 67.9 Å². The van der Waals surface area contributed by atoms with Gasteiger partial charge in [0.15, 0.2) is 0 Å². The average molecular weight is 1480 g/mol. The minimum atomic E-state index is -5.11. The molecule has 0 radical (unpaired) electrons. The van der Waals surface area contributed by atoms with E-state index in [1.807, 2.05) is 0 Å². The lowest BCUT2D eigenvalue weighted by molar-refractivity contribution is -0.182. The van der Waals surface area contributed by atoms with Crippen LogP contribution in [0.4, 0.5) is 26.3 Å². The van der Waals surface area contributed by atoms with Crippen molar-refractivity contribution in [3.63, 3.8) is 0 Å². The smallest absolute Gasteiger partial charge is 0.379 e. The van der Waals surface area contributed by atoms with Gasteiger partial charge in [0.2, 0.25) is 70.9 Å². The first kappa shape index (κ1) is 82.7. The highest BCUT2D eigenvalue weighted by atomic mass is 35.5. The molecule has 4 heterocycles. The number of carbonyl (C=O) groups is 12. The van der Waals surface area contributed by atoms with Crippen LogP contribution in [0.3, 0.4) is 0 Å². The number of morpholine rings is 1. The predicted octanol–water partition coefficient (Wildman–Crippen LogP) is 4.22. The number of nitrogens with zero attached hydrogens (tertiary/aromatic N) is 9. The second-order valence-electron chi connectivity index (χ2n) is 29.6. The topological polar surface area (TPSA) is 289 Å². The highest BCUT2D eigenvalue weighted by molar-refractivity contribution is 6.21. The van der Waals surface area contributed by atoms with Crippen molar-refractivity contribution in [2.45, 2.75) is 240 Å². The van der Waals surface area contributed by atoms with Gasteiger partial charge in [-0.25, -0.2) is 0 Å². The van der Waals surface area contributed by atoms with Gasteiger partial charge in [-0.3, -0.25) is 57.5 Å². The standard InChI is InChI=1S/C69H107ClF6N12O14/c1-11-31-101-40-52-62(96)81(5)35-53(89)77-48(27-23-42-22-26-46(47(70)32-42)69(74,75)76)61(95)87-30-18-21-49(87)60(94)79-67(28-16-17-29-67)66(100)86(10)58(43-19-14-13-15-20-43)65(99)85(9)50(63(97)88-44-24-25-45(88)39-102-38-44)33-54(90)83(7)51(34-68(71,72)73)59(93)78-57(41(3)12-2)64(98)82(6)36-55(91)80(4)37-56(92)84(52)8/h41-52,57-58H,11-40H2,1-10H3,(H,77,89)(H,78,93)(H,79,94)/t41-,42?,44?,45?,46?,47?,48-,49-,50-,51-,52-,57-,58-/m0/s1. The molecule has 7 fully saturated rings. The molecule has 7 rings (SSSR count). The molecule has 12 amide bonds. The summed E-state index contributed by atoms with van der Waals surface area (Å²) in [7, 11) is 8.61. The Labute approximate surface area is 598 Å². The summed E-state index contributed by atoms with van der Waals surface area (Å²) < 4.78 is 98.0. The molecule has 0 aromatic carbocycles. The van der Waals surface area contributed by atoms with E-state index in [2.05, 4.69) is 16.0 Å². The maximum absolute atomic E-state index is 15.8. The van der Waals surface area contributed by atoms with E-state index in [0.29, 0.717) is 62.7 Å². The van der Waals surface area contributed by atoms with Gasteiger partial charge in [0.25, 0.3) is 0 Å². The minimum Gasteiger partial charge on any atom is -0.379 e. The molecule has 3 N–H and O–H groups in total. The highest BCUT2D eigenvalue weighted by Gasteiger charge is 2.54. The van der Waals surface area contributed by atoms with Crippen molar-refractivity contribution in [3.8, 4) is 0 Å². The summed E-state index contributed by atoms with van der Waals surface area (Å²) in [6.07, 6.45) is -6.67. The van der Waals surface area contributed by atoms with E-state index in [0.717, 1.165) is 38.0 Å². The number of carbonyl (C=O) groups excluding carboxylic acids is 12. The fraction of sp³-hybridized carbons (Fsp3) is 0.826. The Balaban J connectivity index is 1.29. The molecule has 0 aromatic heterocycles. The van der Waals surface area contributed by atoms with Crippen LogP contribution in [0.2, 0.25) is 0 Å². The summed E-state index contributed by atoms with van der Waals surface area (Å²) >= 11 is 6.37. The van der Waals surface area contributed by atoms with E-state index in [-0.39, 0.29) is 97.2 Å². The number of hydrogen-bond donors (Lipinski definition) is 3. The van der Waals surface area contributed by atoms with Crippen molar-refractivity contribution in [1.82, 2.24) is 60.0 Å². The Kier molecular flexibility index (Phi) is 29.1. The zero-order chi connectivity index (χ0) is 75.5. The molecule has 13 atom stereocenters. The number of hydrogen-bond acceptors (Lipinski definition) is 14. The molecule has 3 saturated carbocycles. The number of ether oxygens (including phenoxy) is 2.